The first-order valence-corrected chi connectivity index (χ1v) is 8.55. The van der Waals surface area contributed by atoms with Crippen molar-refractivity contribution in [2.45, 2.75) is 25.3 Å². The molecule has 1 aromatic carbocycles. The van der Waals surface area contributed by atoms with Crippen molar-refractivity contribution < 1.29 is 27.9 Å². The van der Waals surface area contributed by atoms with Gasteiger partial charge < -0.3 is 14.2 Å². The number of benzene rings is 1. The normalized spacial score (nSPS) is 13.0. The summed E-state index contributed by atoms with van der Waals surface area (Å²) in [6.07, 6.45) is 0.993. The molecule has 124 valence electrons. The Labute approximate surface area is 129 Å². The van der Waals surface area contributed by atoms with E-state index < -0.39 is 19.6 Å². The minimum Gasteiger partial charge on any atom is -0.480 e. The maximum Gasteiger partial charge on any atom is 0.343 e. The molecule has 1 rings (SSSR count). The Balaban J connectivity index is 2.50. The van der Waals surface area contributed by atoms with Crippen molar-refractivity contribution in [2.75, 3.05) is 20.5 Å². The molecule has 0 aliphatic rings. The lowest BCUT2D eigenvalue weighted by Gasteiger charge is -2.18. The molecule has 0 saturated carbocycles. The van der Waals surface area contributed by atoms with E-state index in [1.165, 1.54) is 20.3 Å². The number of aliphatic carboxylic acids is 1. The van der Waals surface area contributed by atoms with Gasteiger partial charge in [0.15, 0.2) is 0 Å². The summed E-state index contributed by atoms with van der Waals surface area (Å²) in [6, 6.07) is 5.48. The third-order valence-corrected chi connectivity index (χ3v) is 4.97. The summed E-state index contributed by atoms with van der Waals surface area (Å²) >= 11 is 0. The fraction of sp³-hybridized carbons (Fsp3) is 0.500. The highest BCUT2D eigenvalue weighted by atomic mass is 31.2. The summed E-state index contributed by atoms with van der Waals surface area (Å²) in [4.78, 5) is 11.2. The lowest BCUT2D eigenvalue weighted by Crippen LogP contribution is -2.37. The van der Waals surface area contributed by atoms with Crippen molar-refractivity contribution in [1.82, 2.24) is 5.32 Å². The molecular formula is C14H21FNO5P. The first-order valence-electron chi connectivity index (χ1n) is 6.82. The molecule has 0 bridgehead atoms. The van der Waals surface area contributed by atoms with Gasteiger partial charge >= 0.3 is 13.6 Å². The number of hydrogen-bond donors (Lipinski definition) is 2. The Morgan fingerprint density at radius 3 is 2.55 bits per heavy atom. The highest BCUT2D eigenvalue weighted by molar-refractivity contribution is 7.53. The minimum absolute atomic E-state index is 0.198. The zero-order valence-electron chi connectivity index (χ0n) is 12.6. The van der Waals surface area contributed by atoms with Gasteiger partial charge in [0.25, 0.3) is 0 Å². The Hall–Kier alpha value is -1.27. The third-order valence-electron chi connectivity index (χ3n) is 3.28. The molecule has 0 unspecified atom stereocenters. The summed E-state index contributed by atoms with van der Waals surface area (Å²) in [5, 5.41) is 11.8. The standard InChI is InChI=1S/C14H21FNO5P/c1-20-22(19,21-2)10-16-13(14(17)18)9-5-7-11-6-3-4-8-12(11)15/h3-4,6,8,13,16H,5,7,9-10H2,1-2H3,(H,17,18)/t13-/m0/s1. The van der Waals surface area contributed by atoms with E-state index in [1.54, 1.807) is 18.2 Å². The molecule has 8 heteroatoms. The largest absolute Gasteiger partial charge is 0.480 e. The van der Waals surface area contributed by atoms with E-state index >= 15 is 0 Å². The van der Waals surface area contributed by atoms with Gasteiger partial charge in [-0.2, -0.15) is 0 Å². The quantitative estimate of drug-likeness (QED) is 0.640. The monoisotopic (exact) mass is 333 g/mol. The van der Waals surface area contributed by atoms with E-state index in [0.29, 0.717) is 18.4 Å². The number of hydrogen-bond acceptors (Lipinski definition) is 5. The lowest BCUT2D eigenvalue weighted by atomic mass is 10.0. The summed E-state index contributed by atoms with van der Waals surface area (Å²) in [5.41, 5.74) is 0.547. The molecule has 22 heavy (non-hydrogen) atoms. The van der Waals surface area contributed by atoms with Crippen molar-refractivity contribution in [3.8, 4) is 0 Å². The molecule has 0 aliphatic heterocycles. The van der Waals surface area contributed by atoms with Gasteiger partial charge in [-0.05, 0) is 30.9 Å². The highest BCUT2D eigenvalue weighted by Crippen LogP contribution is 2.44. The molecule has 1 aromatic rings. The number of carboxylic acids is 1. The molecule has 6 nitrogen and oxygen atoms in total. The van der Waals surface area contributed by atoms with E-state index in [1.807, 2.05) is 0 Å². The smallest absolute Gasteiger partial charge is 0.343 e. The van der Waals surface area contributed by atoms with Gasteiger partial charge in [-0.25, -0.2) is 4.39 Å². The van der Waals surface area contributed by atoms with Gasteiger partial charge in [0.05, 0.1) is 6.29 Å². The topological polar surface area (TPSA) is 84.9 Å². The average Bonchev–Trinajstić information content (AvgIpc) is 2.51. The fourth-order valence-electron chi connectivity index (χ4n) is 1.94. The number of rotatable bonds is 10. The average molecular weight is 333 g/mol. The number of halogens is 1. The first kappa shape index (κ1) is 18.8. The van der Waals surface area contributed by atoms with Crippen LogP contribution in [0.2, 0.25) is 0 Å². The predicted octanol–water partition coefficient (Wildman–Crippen LogP) is 2.63. The van der Waals surface area contributed by atoms with Gasteiger partial charge in [0.2, 0.25) is 0 Å². The van der Waals surface area contributed by atoms with Crippen molar-refractivity contribution in [2.24, 2.45) is 0 Å². The molecule has 0 spiro atoms. The Kier molecular flexibility index (Phi) is 7.68. The van der Waals surface area contributed by atoms with E-state index in [4.69, 9.17) is 14.2 Å². The second kappa shape index (κ2) is 9.00. The summed E-state index contributed by atoms with van der Waals surface area (Å²) in [6.45, 7) is 0. The van der Waals surface area contributed by atoms with Gasteiger partial charge in [-0.3, -0.25) is 14.7 Å². The van der Waals surface area contributed by atoms with Crippen LogP contribution in [0.15, 0.2) is 24.3 Å². The van der Waals surface area contributed by atoms with Crippen molar-refractivity contribution >= 4 is 13.6 Å². The van der Waals surface area contributed by atoms with E-state index in [-0.39, 0.29) is 18.5 Å². The maximum atomic E-state index is 13.5. The lowest BCUT2D eigenvalue weighted by molar-refractivity contribution is -0.139. The second-order valence-electron chi connectivity index (χ2n) is 4.71. The Morgan fingerprint density at radius 1 is 1.36 bits per heavy atom. The zero-order chi connectivity index (χ0) is 16.6. The molecule has 0 amide bonds. The molecule has 0 radical (unpaired) electrons. The van der Waals surface area contributed by atoms with Crippen molar-refractivity contribution in [1.29, 1.82) is 0 Å². The molecule has 1 atom stereocenters. The molecule has 0 saturated heterocycles. The Morgan fingerprint density at radius 2 is 2.00 bits per heavy atom. The van der Waals surface area contributed by atoms with Crippen LogP contribution in [0, 0.1) is 5.82 Å². The number of aryl methyl sites for hydroxylation is 1. The van der Waals surface area contributed by atoms with Gasteiger partial charge in [-0.1, -0.05) is 18.2 Å². The zero-order valence-corrected chi connectivity index (χ0v) is 13.5. The molecule has 0 fully saturated rings. The van der Waals surface area contributed by atoms with Gasteiger partial charge in [0.1, 0.15) is 11.9 Å². The third kappa shape index (κ3) is 5.85. The van der Waals surface area contributed by atoms with Crippen molar-refractivity contribution in [3.05, 3.63) is 35.6 Å². The second-order valence-corrected chi connectivity index (χ2v) is 6.98. The summed E-state index contributed by atoms with van der Waals surface area (Å²) < 4.78 is 34.8. The molecular weight excluding hydrogens is 312 g/mol. The SMILES string of the molecule is COP(=O)(CN[C@@H](CCCc1ccccc1F)C(=O)O)OC. The van der Waals surface area contributed by atoms with Crippen LogP contribution < -0.4 is 5.32 Å². The van der Waals surface area contributed by atoms with E-state index in [0.717, 1.165) is 0 Å². The Bertz CT molecular complexity index is 532. The van der Waals surface area contributed by atoms with E-state index in [9.17, 15) is 13.8 Å². The predicted molar refractivity (Wildman–Crippen MR) is 80.4 cm³/mol. The van der Waals surface area contributed by atoms with Crippen LogP contribution in [0.4, 0.5) is 4.39 Å². The van der Waals surface area contributed by atoms with Crippen molar-refractivity contribution in [3.63, 3.8) is 0 Å². The number of carboxylic acid groups (broad SMARTS) is 1. The maximum absolute atomic E-state index is 13.5. The molecule has 0 aromatic heterocycles. The van der Waals surface area contributed by atoms with Crippen LogP contribution in [0.3, 0.4) is 0 Å². The highest BCUT2D eigenvalue weighted by Gasteiger charge is 2.25. The van der Waals surface area contributed by atoms with Crippen LogP contribution in [0.25, 0.3) is 0 Å². The summed E-state index contributed by atoms with van der Waals surface area (Å²) in [5.74, 6) is -1.36. The summed E-state index contributed by atoms with van der Waals surface area (Å²) in [7, 11) is -0.835. The molecule has 0 aliphatic carbocycles. The van der Waals surface area contributed by atoms with Crippen LogP contribution in [0.5, 0.6) is 0 Å². The van der Waals surface area contributed by atoms with Crippen LogP contribution in [0.1, 0.15) is 18.4 Å². The van der Waals surface area contributed by atoms with Crippen LogP contribution in [-0.2, 0) is 24.8 Å². The number of carbonyl (C=O) groups is 1. The molecule has 2 N–H and O–H groups in total. The van der Waals surface area contributed by atoms with Gasteiger partial charge in [0, 0.05) is 14.2 Å². The van der Waals surface area contributed by atoms with Crippen LogP contribution in [-0.4, -0.2) is 37.6 Å². The minimum atomic E-state index is -3.31. The van der Waals surface area contributed by atoms with Gasteiger partial charge in [-0.15, -0.1) is 0 Å². The molecule has 0 heterocycles. The van der Waals surface area contributed by atoms with Crippen LogP contribution >= 0.6 is 7.60 Å². The first-order chi connectivity index (χ1) is 10.4. The van der Waals surface area contributed by atoms with E-state index in [2.05, 4.69) is 5.32 Å². The fourth-order valence-corrected chi connectivity index (χ4v) is 2.79. The number of nitrogens with one attached hydrogen (secondary N) is 1.